The Labute approximate surface area is 173 Å². The second-order valence-electron chi connectivity index (χ2n) is 7.04. The van der Waals surface area contributed by atoms with Crippen molar-refractivity contribution < 1.29 is 9.59 Å². The van der Waals surface area contributed by atoms with Crippen LogP contribution in [-0.4, -0.2) is 35.4 Å². The Morgan fingerprint density at radius 1 is 1.21 bits per heavy atom. The normalized spacial score (nSPS) is 12.5. The molecule has 7 heteroatoms. The molecule has 0 saturated carbocycles. The predicted octanol–water partition coefficient (Wildman–Crippen LogP) is 2.60. The van der Waals surface area contributed by atoms with Gasteiger partial charge in [-0.05, 0) is 51.3 Å². The van der Waals surface area contributed by atoms with Crippen molar-refractivity contribution in [2.24, 2.45) is 11.5 Å². The second-order valence-corrected chi connectivity index (χ2v) is 7.04. The predicted molar refractivity (Wildman–Crippen MR) is 120 cm³/mol. The van der Waals surface area contributed by atoms with Crippen LogP contribution in [-0.2, 0) is 9.59 Å². The summed E-state index contributed by atoms with van der Waals surface area (Å²) >= 11 is 0. The van der Waals surface area contributed by atoms with Gasteiger partial charge in [0.05, 0.1) is 23.6 Å². The number of nitrogens with zero attached hydrogens (tertiary/aromatic N) is 1. The number of hydrogen-bond donors (Lipinski definition) is 4. The van der Waals surface area contributed by atoms with E-state index in [1.54, 1.807) is 18.2 Å². The van der Waals surface area contributed by atoms with Crippen LogP contribution in [0.2, 0.25) is 0 Å². The lowest BCUT2D eigenvalue weighted by Gasteiger charge is -2.21. The second kappa shape index (κ2) is 12.6. The van der Waals surface area contributed by atoms with E-state index in [4.69, 9.17) is 11.5 Å². The summed E-state index contributed by atoms with van der Waals surface area (Å²) in [5.74, 6) is -0.687. The van der Waals surface area contributed by atoms with E-state index in [2.05, 4.69) is 35.4 Å². The number of hydrogen-bond acceptors (Lipinski definition) is 5. The number of nitrogens with two attached hydrogens (primary N) is 2. The van der Waals surface area contributed by atoms with Crippen molar-refractivity contribution in [3.63, 3.8) is 0 Å². The summed E-state index contributed by atoms with van der Waals surface area (Å²) in [4.78, 5) is 29.5. The lowest BCUT2D eigenvalue weighted by Crippen LogP contribution is -2.50. The molecule has 0 unspecified atom stereocenters. The zero-order chi connectivity index (χ0) is 21.8. The van der Waals surface area contributed by atoms with Gasteiger partial charge in [-0.3, -0.25) is 14.6 Å². The first-order chi connectivity index (χ1) is 13.8. The highest BCUT2D eigenvalue weighted by atomic mass is 16.2. The van der Waals surface area contributed by atoms with Crippen molar-refractivity contribution in [3.8, 4) is 0 Å². The van der Waals surface area contributed by atoms with E-state index in [1.165, 1.54) is 6.20 Å². The first-order valence-electron chi connectivity index (χ1n) is 9.78. The fourth-order valence-corrected chi connectivity index (χ4v) is 2.70. The van der Waals surface area contributed by atoms with Gasteiger partial charge in [-0.2, -0.15) is 0 Å². The molecule has 0 aliphatic heterocycles. The quantitative estimate of drug-likeness (QED) is 0.300. The van der Waals surface area contributed by atoms with Gasteiger partial charge in [0.25, 0.3) is 0 Å². The highest BCUT2D eigenvalue weighted by molar-refractivity contribution is 5.98. The summed E-state index contributed by atoms with van der Waals surface area (Å²) in [5.41, 5.74) is 14.3. The van der Waals surface area contributed by atoms with Crippen LogP contribution in [0, 0.1) is 0 Å². The van der Waals surface area contributed by atoms with Crippen molar-refractivity contribution in [2.45, 2.75) is 51.1 Å². The Kier molecular flexibility index (Phi) is 10.6. The van der Waals surface area contributed by atoms with Gasteiger partial charge < -0.3 is 22.1 Å². The first-order valence-corrected chi connectivity index (χ1v) is 9.78. The summed E-state index contributed by atoms with van der Waals surface area (Å²) in [6, 6.07) is 0.346. The summed E-state index contributed by atoms with van der Waals surface area (Å²) in [6.07, 6.45) is 7.91. The molecule has 0 aliphatic rings. The summed E-state index contributed by atoms with van der Waals surface area (Å²) in [6.45, 7) is 13.7. The van der Waals surface area contributed by atoms with Crippen LogP contribution in [0.25, 0.3) is 12.2 Å². The van der Waals surface area contributed by atoms with Crippen LogP contribution < -0.4 is 22.1 Å². The molecule has 1 aromatic rings. The average Bonchev–Trinajstić information content (AvgIpc) is 2.70. The monoisotopic (exact) mass is 399 g/mol. The van der Waals surface area contributed by atoms with Gasteiger partial charge in [-0.25, -0.2) is 0 Å². The molecular formula is C22H33N5O2. The summed E-state index contributed by atoms with van der Waals surface area (Å²) in [5, 5.41) is 5.57. The van der Waals surface area contributed by atoms with Crippen LogP contribution in [0.1, 0.15) is 50.3 Å². The fourth-order valence-electron chi connectivity index (χ4n) is 2.70. The number of carbonyl (C=O) groups excluding carboxylic acids is 2. The third-order valence-corrected chi connectivity index (χ3v) is 4.43. The third-order valence-electron chi connectivity index (χ3n) is 4.43. The number of pyridine rings is 1. The number of anilines is 1. The molecule has 29 heavy (non-hydrogen) atoms. The number of allylic oxidation sites excluding steroid dienone is 1. The number of rotatable bonds is 13. The van der Waals surface area contributed by atoms with Gasteiger partial charge in [0.1, 0.15) is 6.04 Å². The number of amides is 2. The van der Waals surface area contributed by atoms with Crippen molar-refractivity contribution in [1.82, 2.24) is 10.3 Å². The molecule has 2 atom stereocenters. The number of unbranched alkanes of at least 4 members (excludes halogenated alkanes) is 1. The number of nitrogens with one attached hydrogen (secondary N) is 2. The maximum absolute atomic E-state index is 12.8. The van der Waals surface area contributed by atoms with Crippen LogP contribution in [0.15, 0.2) is 37.6 Å². The Balaban J connectivity index is 2.86. The molecule has 0 saturated heterocycles. The van der Waals surface area contributed by atoms with E-state index < -0.39 is 12.1 Å². The van der Waals surface area contributed by atoms with E-state index in [9.17, 15) is 9.59 Å². The fraction of sp³-hybridized carbons (Fsp3) is 0.409. The minimum Gasteiger partial charge on any atom is -0.343 e. The zero-order valence-corrected chi connectivity index (χ0v) is 17.2. The number of carbonyl (C=O) groups is 2. The van der Waals surface area contributed by atoms with Gasteiger partial charge in [-0.15, -0.1) is 6.58 Å². The molecule has 2 amide bonds. The molecule has 0 aromatic carbocycles. The molecule has 6 N–H and O–H groups in total. The molecule has 0 aliphatic carbocycles. The highest BCUT2D eigenvalue weighted by Crippen LogP contribution is 2.16. The topological polar surface area (TPSA) is 123 Å². The SMILES string of the molecule is C=Cc1cc(NC(=O)[C@@H](CCC(=C)C)NC(=O)[C@@H](N)CCCCN)cnc1C=C. The Morgan fingerprint density at radius 2 is 1.93 bits per heavy atom. The van der Waals surface area contributed by atoms with E-state index in [1.807, 2.05) is 6.92 Å². The lowest BCUT2D eigenvalue weighted by atomic mass is 10.0. The van der Waals surface area contributed by atoms with Crippen LogP contribution in [0.3, 0.4) is 0 Å². The largest absolute Gasteiger partial charge is 0.343 e. The standard InChI is InChI=1S/C22H33N5O2/c1-5-16-13-17(14-25-19(16)6-2)26-22(29)20(11-10-15(3)4)27-21(28)18(24)9-7-8-12-23/h5-6,13-14,18,20H,1-3,7-12,23-24H2,4H3,(H,26,29)(H,27,28)/t18-,20+/m0/s1. The van der Waals surface area contributed by atoms with Crippen molar-refractivity contribution in [2.75, 3.05) is 11.9 Å². The van der Waals surface area contributed by atoms with Gasteiger partial charge in [0.15, 0.2) is 0 Å². The zero-order valence-electron chi connectivity index (χ0n) is 17.2. The van der Waals surface area contributed by atoms with E-state index in [-0.39, 0.29) is 11.8 Å². The van der Waals surface area contributed by atoms with Crippen molar-refractivity contribution in [1.29, 1.82) is 0 Å². The number of aromatic nitrogens is 1. The lowest BCUT2D eigenvalue weighted by molar-refractivity contribution is -0.127. The third kappa shape index (κ3) is 8.41. The molecular weight excluding hydrogens is 366 g/mol. The molecule has 0 spiro atoms. The van der Waals surface area contributed by atoms with Crippen LogP contribution in [0.5, 0.6) is 0 Å². The van der Waals surface area contributed by atoms with Gasteiger partial charge in [0.2, 0.25) is 11.8 Å². The van der Waals surface area contributed by atoms with Gasteiger partial charge >= 0.3 is 0 Å². The molecule has 0 fully saturated rings. The van der Waals surface area contributed by atoms with Crippen LogP contribution in [0.4, 0.5) is 5.69 Å². The average molecular weight is 400 g/mol. The van der Waals surface area contributed by atoms with E-state index in [0.29, 0.717) is 37.2 Å². The summed E-state index contributed by atoms with van der Waals surface area (Å²) < 4.78 is 0. The maximum Gasteiger partial charge on any atom is 0.247 e. The van der Waals surface area contributed by atoms with Gasteiger partial charge in [0, 0.05) is 5.56 Å². The highest BCUT2D eigenvalue weighted by Gasteiger charge is 2.23. The molecule has 0 radical (unpaired) electrons. The smallest absolute Gasteiger partial charge is 0.247 e. The van der Waals surface area contributed by atoms with Crippen molar-refractivity contribution in [3.05, 3.63) is 48.8 Å². The Bertz CT molecular complexity index is 745. The minimum absolute atomic E-state index is 0.336. The van der Waals surface area contributed by atoms with E-state index >= 15 is 0 Å². The molecule has 1 heterocycles. The molecule has 1 aromatic heterocycles. The van der Waals surface area contributed by atoms with Crippen molar-refractivity contribution >= 4 is 29.7 Å². The Hall–Kier alpha value is -2.77. The molecule has 0 bridgehead atoms. The first kappa shape index (κ1) is 24.3. The molecule has 7 nitrogen and oxygen atoms in total. The maximum atomic E-state index is 12.8. The Morgan fingerprint density at radius 3 is 2.52 bits per heavy atom. The molecule has 158 valence electrons. The van der Waals surface area contributed by atoms with Gasteiger partial charge in [-0.1, -0.05) is 31.2 Å². The molecule has 1 rings (SSSR count). The van der Waals surface area contributed by atoms with E-state index in [0.717, 1.165) is 24.0 Å². The minimum atomic E-state index is -0.731. The van der Waals surface area contributed by atoms with Crippen LogP contribution >= 0.6 is 0 Å². The summed E-state index contributed by atoms with van der Waals surface area (Å²) in [7, 11) is 0.